The van der Waals surface area contributed by atoms with Crippen LogP contribution in [0.15, 0.2) is 10.1 Å². The molecule has 3 saturated carbocycles. The van der Waals surface area contributed by atoms with Crippen molar-refractivity contribution in [3.05, 3.63) is 10.1 Å². The van der Waals surface area contributed by atoms with Gasteiger partial charge in [0, 0.05) is 22.4 Å². The summed E-state index contributed by atoms with van der Waals surface area (Å²) in [6.07, 6.45) is 10.4. The van der Waals surface area contributed by atoms with E-state index in [0.717, 1.165) is 43.0 Å². The smallest absolute Gasteiger partial charge is 0.302 e. The number of rotatable bonds is 2. The molecule has 0 heterocycles. The zero-order valence-corrected chi connectivity index (χ0v) is 17.8. The Bertz CT molecular complexity index is 656. The monoisotopic (exact) mass is 422 g/mol. The highest BCUT2D eigenvalue weighted by Crippen LogP contribution is 2.67. The van der Waals surface area contributed by atoms with Crippen molar-refractivity contribution < 1.29 is 14.3 Å². The zero-order valence-electron chi connectivity index (χ0n) is 16.2. The topological polar surface area (TPSA) is 43.4 Å². The average molecular weight is 423 g/mol. The first-order valence-corrected chi connectivity index (χ1v) is 11.1. The van der Waals surface area contributed by atoms with Crippen LogP contribution >= 0.6 is 15.9 Å². The molecule has 0 bridgehead atoms. The van der Waals surface area contributed by atoms with Crippen molar-refractivity contribution in [1.29, 1.82) is 0 Å². The molecule has 0 aromatic carbocycles. The molecular formula is C22H31BrO3. The summed E-state index contributed by atoms with van der Waals surface area (Å²) in [5, 5.41) is 0. The van der Waals surface area contributed by atoms with E-state index in [1.165, 1.54) is 43.5 Å². The lowest BCUT2D eigenvalue weighted by Gasteiger charge is -2.60. The van der Waals surface area contributed by atoms with E-state index in [-0.39, 0.29) is 17.5 Å². The predicted octanol–water partition coefficient (Wildman–Crippen LogP) is 5.42. The van der Waals surface area contributed by atoms with Gasteiger partial charge in [-0.05, 0) is 80.5 Å². The van der Waals surface area contributed by atoms with Crippen LogP contribution in [0.1, 0.15) is 72.1 Å². The molecule has 0 saturated heterocycles. The number of carbonyl (C=O) groups is 2. The molecule has 144 valence electrons. The number of esters is 1. The molecule has 26 heavy (non-hydrogen) atoms. The van der Waals surface area contributed by atoms with Crippen LogP contribution < -0.4 is 0 Å². The summed E-state index contributed by atoms with van der Waals surface area (Å²) in [6.45, 7) is 6.42. The molecule has 7 atom stereocenters. The number of fused-ring (bicyclic) bond motifs is 5. The Balaban J connectivity index is 1.56. The summed E-state index contributed by atoms with van der Waals surface area (Å²) in [7, 11) is 0. The summed E-state index contributed by atoms with van der Waals surface area (Å²) < 4.78 is 6.75. The van der Waals surface area contributed by atoms with E-state index in [2.05, 4.69) is 29.8 Å². The van der Waals surface area contributed by atoms with Gasteiger partial charge in [0.1, 0.15) is 12.4 Å². The molecule has 3 fully saturated rings. The molecule has 4 rings (SSSR count). The fourth-order valence-corrected chi connectivity index (χ4v) is 8.07. The first kappa shape index (κ1) is 18.7. The van der Waals surface area contributed by atoms with E-state index in [1.807, 2.05) is 0 Å². The number of halogens is 1. The molecule has 0 radical (unpaired) electrons. The summed E-state index contributed by atoms with van der Waals surface area (Å²) in [5.41, 5.74) is 1.54. The van der Waals surface area contributed by atoms with E-state index in [4.69, 9.17) is 4.74 Å². The van der Waals surface area contributed by atoms with Gasteiger partial charge in [0.05, 0.1) is 0 Å². The number of allylic oxidation sites excluding steroid dienone is 2. The molecule has 4 heteroatoms. The maximum absolute atomic E-state index is 11.5. The van der Waals surface area contributed by atoms with Gasteiger partial charge in [0.25, 0.3) is 0 Å². The third-order valence-corrected chi connectivity index (χ3v) is 10.1. The lowest BCUT2D eigenvalue weighted by atomic mass is 9.45. The van der Waals surface area contributed by atoms with Crippen molar-refractivity contribution in [2.75, 3.05) is 0 Å². The first-order valence-electron chi connectivity index (χ1n) is 10.3. The molecule has 0 aromatic rings. The second kappa shape index (κ2) is 6.46. The van der Waals surface area contributed by atoms with Gasteiger partial charge < -0.3 is 4.74 Å². The van der Waals surface area contributed by atoms with Crippen LogP contribution in [0, 0.1) is 34.5 Å². The van der Waals surface area contributed by atoms with Crippen LogP contribution in [-0.2, 0) is 14.3 Å². The number of aldehydes is 1. The van der Waals surface area contributed by atoms with Gasteiger partial charge in [0.2, 0.25) is 0 Å². The van der Waals surface area contributed by atoms with Gasteiger partial charge in [-0.2, -0.15) is 0 Å². The van der Waals surface area contributed by atoms with E-state index in [9.17, 15) is 9.59 Å². The first-order chi connectivity index (χ1) is 12.3. The van der Waals surface area contributed by atoms with Crippen LogP contribution in [0.5, 0.6) is 0 Å². The molecular weight excluding hydrogens is 392 g/mol. The number of carbonyl (C=O) groups excluding carboxylic acids is 2. The van der Waals surface area contributed by atoms with Crippen molar-refractivity contribution in [1.82, 2.24) is 0 Å². The van der Waals surface area contributed by atoms with Crippen LogP contribution in [0.25, 0.3) is 0 Å². The minimum Gasteiger partial charge on any atom is -0.463 e. The Hall–Kier alpha value is -0.640. The molecule has 0 N–H and O–H groups in total. The largest absolute Gasteiger partial charge is 0.463 e. The molecule has 0 aromatic heterocycles. The van der Waals surface area contributed by atoms with Gasteiger partial charge in [-0.15, -0.1) is 0 Å². The van der Waals surface area contributed by atoms with Crippen molar-refractivity contribution >= 4 is 28.2 Å². The van der Waals surface area contributed by atoms with Crippen LogP contribution in [0.4, 0.5) is 0 Å². The van der Waals surface area contributed by atoms with E-state index < -0.39 is 0 Å². The molecule has 3 nitrogen and oxygen atoms in total. The highest BCUT2D eigenvalue weighted by Gasteiger charge is 2.59. The summed E-state index contributed by atoms with van der Waals surface area (Å²) >= 11 is 3.79. The Morgan fingerprint density at radius 3 is 2.62 bits per heavy atom. The molecule has 4 aliphatic rings. The minimum atomic E-state index is -0.135. The van der Waals surface area contributed by atoms with E-state index in [0.29, 0.717) is 17.3 Å². The van der Waals surface area contributed by atoms with Crippen LogP contribution in [-0.4, -0.2) is 18.4 Å². The fraction of sp³-hybridized carbons (Fsp3) is 0.818. The third kappa shape index (κ3) is 2.65. The Kier molecular flexibility index (Phi) is 4.65. The second-order valence-electron chi connectivity index (χ2n) is 9.78. The van der Waals surface area contributed by atoms with Gasteiger partial charge in [0.15, 0.2) is 0 Å². The Morgan fingerprint density at radius 2 is 1.92 bits per heavy atom. The molecule has 4 aliphatic carbocycles. The normalized spacial score (nSPS) is 47.6. The standard InChI is InChI=1S/C22H31BrO3/c1-13(25)26-16-6-8-21(2)15(11-16)4-5-17-18(21)7-9-22(3)19(17)10-14(12-24)20(22)23/h12,15-19H,4-11H2,1-3H3/t15-,16-,17+,18-,19-,21-,22-/m0/s1. The van der Waals surface area contributed by atoms with Gasteiger partial charge >= 0.3 is 5.97 Å². The van der Waals surface area contributed by atoms with Crippen molar-refractivity contribution in [2.45, 2.75) is 78.2 Å². The average Bonchev–Trinajstić information content (AvgIpc) is 2.86. The summed E-state index contributed by atoms with van der Waals surface area (Å²) in [4.78, 5) is 22.9. The highest BCUT2D eigenvalue weighted by molar-refractivity contribution is 9.11. The van der Waals surface area contributed by atoms with Crippen molar-refractivity contribution in [2.24, 2.45) is 34.5 Å². The quantitative estimate of drug-likeness (QED) is 0.440. The Morgan fingerprint density at radius 1 is 1.15 bits per heavy atom. The lowest BCUT2D eigenvalue weighted by molar-refractivity contribution is -0.158. The van der Waals surface area contributed by atoms with Gasteiger partial charge in [-0.3, -0.25) is 9.59 Å². The number of hydrogen-bond donors (Lipinski definition) is 0. The number of hydrogen-bond acceptors (Lipinski definition) is 3. The van der Waals surface area contributed by atoms with Crippen LogP contribution in [0.2, 0.25) is 0 Å². The maximum Gasteiger partial charge on any atom is 0.302 e. The summed E-state index contributed by atoms with van der Waals surface area (Å²) in [6, 6.07) is 0. The van der Waals surface area contributed by atoms with Crippen molar-refractivity contribution in [3.8, 4) is 0 Å². The minimum absolute atomic E-state index is 0.125. The van der Waals surface area contributed by atoms with Gasteiger partial charge in [-0.25, -0.2) is 0 Å². The molecule has 0 aliphatic heterocycles. The SMILES string of the molecule is CC(=O)O[C@H]1CC[C@@]2(C)[C@@H](CC[C@@H]3[C@@H]2CC[C@]2(C)C(Br)=C(C=O)C[C@@H]32)C1. The van der Waals surface area contributed by atoms with Crippen molar-refractivity contribution in [3.63, 3.8) is 0 Å². The van der Waals surface area contributed by atoms with Crippen LogP contribution in [0.3, 0.4) is 0 Å². The predicted molar refractivity (Wildman–Crippen MR) is 105 cm³/mol. The third-order valence-electron chi connectivity index (χ3n) is 8.71. The van der Waals surface area contributed by atoms with Gasteiger partial charge in [-0.1, -0.05) is 29.8 Å². The number of ether oxygens (including phenoxy) is 1. The molecule has 0 amide bonds. The maximum atomic E-state index is 11.5. The Labute approximate surface area is 165 Å². The lowest BCUT2D eigenvalue weighted by Crippen LogP contribution is -2.53. The molecule has 0 spiro atoms. The van der Waals surface area contributed by atoms with E-state index in [1.54, 1.807) is 0 Å². The summed E-state index contributed by atoms with van der Waals surface area (Å²) in [5.74, 6) is 2.63. The fourth-order valence-electron chi connectivity index (χ4n) is 7.32. The highest BCUT2D eigenvalue weighted by atomic mass is 79.9. The zero-order chi connectivity index (χ0) is 18.7. The second-order valence-corrected chi connectivity index (χ2v) is 10.6. The van der Waals surface area contributed by atoms with E-state index >= 15 is 0 Å². The molecule has 0 unspecified atom stereocenters.